The van der Waals surface area contributed by atoms with Crippen molar-refractivity contribution in [2.45, 2.75) is 44.8 Å². The van der Waals surface area contributed by atoms with Gasteiger partial charge in [0.15, 0.2) is 0 Å². The van der Waals surface area contributed by atoms with Crippen molar-refractivity contribution >= 4 is 5.91 Å². The van der Waals surface area contributed by atoms with Crippen LogP contribution in [0, 0.1) is 5.92 Å². The first-order chi connectivity index (χ1) is 9.08. The number of likely N-dealkylation sites (tertiary alicyclic amines) is 2. The van der Waals surface area contributed by atoms with Gasteiger partial charge in [-0.2, -0.15) is 0 Å². The molecule has 5 nitrogen and oxygen atoms in total. The summed E-state index contributed by atoms with van der Waals surface area (Å²) in [6.07, 6.45) is 3.89. The average Bonchev–Trinajstić information content (AvgIpc) is 2.40. The van der Waals surface area contributed by atoms with Crippen LogP contribution in [0.25, 0.3) is 0 Å². The van der Waals surface area contributed by atoms with Crippen LogP contribution in [0.1, 0.15) is 32.6 Å². The van der Waals surface area contributed by atoms with Crippen LogP contribution < -0.4 is 5.73 Å². The molecule has 0 aromatic carbocycles. The number of primary amides is 1. The van der Waals surface area contributed by atoms with E-state index in [1.54, 1.807) is 0 Å². The van der Waals surface area contributed by atoms with E-state index in [0.717, 1.165) is 52.0 Å². The van der Waals surface area contributed by atoms with Gasteiger partial charge in [0.1, 0.15) is 0 Å². The van der Waals surface area contributed by atoms with Crippen LogP contribution in [0.2, 0.25) is 0 Å². The van der Waals surface area contributed by atoms with Gasteiger partial charge in [-0.15, -0.1) is 0 Å². The number of aliphatic hydroxyl groups is 1. The van der Waals surface area contributed by atoms with Gasteiger partial charge in [-0.1, -0.05) is 13.3 Å². The van der Waals surface area contributed by atoms with E-state index in [1.165, 1.54) is 6.42 Å². The number of hydrogen-bond acceptors (Lipinski definition) is 4. The minimum absolute atomic E-state index is 0.0680. The van der Waals surface area contributed by atoms with E-state index in [-0.39, 0.29) is 18.1 Å². The summed E-state index contributed by atoms with van der Waals surface area (Å²) >= 11 is 0. The van der Waals surface area contributed by atoms with E-state index < -0.39 is 0 Å². The lowest BCUT2D eigenvalue weighted by molar-refractivity contribution is -0.124. The topological polar surface area (TPSA) is 69.8 Å². The predicted octanol–water partition coefficient (Wildman–Crippen LogP) is 0.0289. The monoisotopic (exact) mass is 269 g/mol. The summed E-state index contributed by atoms with van der Waals surface area (Å²) in [5.74, 6) is 0.171. The van der Waals surface area contributed by atoms with Gasteiger partial charge in [0.05, 0.1) is 12.1 Å². The highest BCUT2D eigenvalue weighted by molar-refractivity contribution is 5.79. The summed E-state index contributed by atoms with van der Waals surface area (Å²) in [7, 11) is 0. The molecular weight excluding hydrogens is 242 g/mol. The molecule has 110 valence electrons. The zero-order valence-corrected chi connectivity index (χ0v) is 11.9. The van der Waals surface area contributed by atoms with Gasteiger partial charge in [-0.05, 0) is 31.7 Å². The van der Waals surface area contributed by atoms with Gasteiger partial charge in [0, 0.05) is 26.2 Å². The molecule has 3 atom stereocenters. The predicted molar refractivity (Wildman–Crippen MR) is 74.6 cm³/mol. The highest BCUT2D eigenvalue weighted by Gasteiger charge is 2.28. The fourth-order valence-electron chi connectivity index (χ4n) is 3.27. The number of rotatable bonds is 4. The van der Waals surface area contributed by atoms with Crippen molar-refractivity contribution in [2.24, 2.45) is 11.7 Å². The Morgan fingerprint density at radius 2 is 2.05 bits per heavy atom. The SMILES string of the molecule is C[C@H]1CN(CCN2CCCCC2C(N)=O)CC[C@@H]1O. The number of nitrogens with zero attached hydrogens (tertiary/aromatic N) is 2. The van der Waals surface area contributed by atoms with Crippen LogP contribution in [0.5, 0.6) is 0 Å². The van der Waals surface area contributed by atoms with E-state index in [1.807, 2.05) is 0 Å². The van der Waals surface area contributed by atoms with Crippen LogP contribution in [0.15, 0.2) is 0 Å². The molecule has 0 aromatic heterocycles. The molecule has 0 radical (unpaired) electrons. The zero-order chi connectivity index (χ0) is 13.8. The number of carbonyl (C=O) groups is 1. The molecule has 0 aliphatic carbocycles. The molecule has 2 fully saturated rings. The van der Waals surface area contributed by atoms with Gasteiger partial charge >= 0.3 is 0 Å². The minimum Gasteiger partial charge on any atom is -0.393 e. The largest absolute Gasteiger partial charge is 0.393 e. The molecule has 0 spiro atoms. The second-order valence-electron chi connectivity index (χ2n) is 6.08. The smallest absolute Gasteiger partial charge is 0.234 e. The summed E-state index contributed by atoms with van der Waals surface area (Å²) in [6.45, 7) is 6.89. The summed E-state index contributed by atoms with van der Waals surface area (Å²) < 4.78 is 0. The van der Waals surface area contributed by atoms with Crippen LogP contribution in [-0.2, 0) is 4.79 Å². The first kappa shape index (κ1) is 14.8. The molecule has 1 unspecified atom stereocenters. The van der Waals surface area contributed by atoms with Gasteiger partial charge in [0.25, 0.3) is 0 Å². The third-order valence-corrected chi connectivity index (χ3v) is 4.59. The molecule has 2 saturated heterocycles. The van der Waals surface area contributed by atoms with Crippen LogP contribution >= 0.6 is 0 Å². The van der Waals surface area contributed by atoms with Crippen LogP contribution in [0.4, 0.5) is 0 Å². The standard InChI is InChI=1S/C14H27N3O2/c1-11-10-16(7-5-13(11)18)8-9-17-6-3-2-4-12(17)14(15)19/h11-13,18H,2-10H2,1H3,(H2,15,19)/t11-,12?,13-/m0/s1. The van der Waals surface area contributed by atoms with E-state index in [0.29, 0.717) is 5.92 Å². The first-order valence-electron chi connectivity index (χ1n) is 7.51. The van der Waals surface area contributed by atoms with Gasteiger partial charge < -0.3 is 15.7 Å². The highest BCUT2D eigenvalue weighted by Crippen LogP contribution is 2.19. The highest BCUT2D eigenvalue weighted by atomic mass is 16.3. The van der Waals surface area contributed by atoms with Crippen LogP contribution in [0.3, 0.4) is 0 Å². The maximum absolute atomic E-state index is 11.4. The van der Waals surface area contributed by atoms with E-state index in [9.17, 15) is 9.90 Å². The summed E-state index contributed by atoms with van der Waals surface area (Å²) in [6, 6.07) is -0.0680. The Morgan fingerprint density at radius 3 is 2.74 bits per heavy atom. The number of aliphatic hydroxyl groups excluding tert-OH is 1. The average molecular weight is 269 g/mol. The molecule has 2 aliphatic rings. The van der Waals surface area contributed by atoms with E-state index in [4.69, 9.17) is 5.73 Å². The van der Waals surface area contributed by atoms with Gasteiger partial charge in [-0.25, -0.2) is 0 Å². The molecule has 5 heteroatoms. The Morgan fingerprint density at radius 1 is 1.26 bits per heavy atom. The first-order valence-corrected chi connectivity index (χ1v) is 7.51. The Labute approximate surface area is 115 Å². The molecule has 2 aliphatic heterocycles. The molecule has 2 rings (SSSR count). The maximum atomic E-state index is 11.4. The fraction of sp³-hybridized carbons (Fsp3) is 0.929. The molecule has 1 amide bonds. The lowest BCUT2D eigenvalue weighted by Crippen LogP contribution is -2.51. The van der Waals surface area contributed by atoms with Crippen molar-refractivity contribution in [3.63, 3.8) is 0 Å². The number of hydrogen-bond donors (Lipinski definition) is 2. The number of nitrogens with two attached hydrogens (primary N) is 1. The zero-order valence-electron chi connectivity index (χ0n) is 11.9. The number of piperidine rings is 2. The van der Waals surface area contributed by atoms with Gasteiger partial charge in [0.2, 0.25) is 5.91 Å². The molecular formula is C14H27N3O2. The summed E-state index contributed by atoms with van der Waals surface area (Å²) in [4.78, 5) is 16.1. The summed E-state index contributed by atoms with van der Waals surface area (Å²) in [5, 5.41) is 9.73. The Bertz CT molecular complexity index is 311. The Balaban J connectivity index is 1.79. The third-order valence-electron chi connectivity index (χ3n) is 4.59. The second-order valence-corrected chi connectivity index (χ2v) is 6.08. The molecule has 0 bridgehead atoms. The Kier molecular flexibility index (Phi) is 5.19. The molecule has 19 heavy (non-hydrogen) atoms. The molecule has 2 heterocycles. The summed E-state index contributed by atoms with van der Waals surface area (Å²) in [5.41, 5.74) is 5.48. The molecule has 0 aromatic rings. The molecule has 0 saturated carbocycles. The maximum Gasteiger partial charge on any atom is 0.234 e. The molecule has 3 N–H and O–H groups in total. The van der Waals surface area contributed by atoms with Crippen molar-refractivity contribution in [2.75, 3.05) is 32.7 Å². The van der Waals surface area contributed by atoms with Crippen molar-refractivity contribution in [3.8, 4) is 0 Å². The van der Waals surface area contributed by atoms with Crippen molar-refractivity contribution in [1.29, 1.82) is 0 Å². The normalized spacial score (nSPS) is 34.3. The van der Waals surface area contributed by atoms with Crippen LogP contribution in [-0.4, -0.2) is 65.7 Å². The number of carbonyl (C=O) groups excluding carboxylic acids is 1. The van der Waals surface area contributed by atoms with E-state index in [2.05, 4.69) is 16.7 Å². The van der Waals surface area contributed by atoms with Crippen molar-refractivity contribution in [3.05, 3.63) is 0 Å². The van der Waals surface area contributed by atoms with Crippen molar-refractivity contribution in [1.82, 2.24) is 9.80 Å². The lowest BCUT2D eigenvalue weighted by Gasteiger charge is -2.38. The van der Waals surface area contributed by atoms with Crippen molar-refractivity contribution < 1.29 is 9.90 Å². The third kappa shape index (κ3) is 3.91. The fourth-order valence-corrected chi connectivity index (χ4v) is 3.27. The van der Waals surface area contributed by atoms with E-state index >= 15 is 0 Å². The number of amides is 1. The quantitative estimate of drug-likeness (QED) is 0.755. The Hall–Kier alpha value is -0.650. The van der Waals surface area contributed by atoms with Gasteiger partial charge in [-0.3, -0.25) is 9.69 Å². The minimum atomic E-state index is -0.179. The second kappa shape index (κ2) is 6.68. The lowest BCUT2D eigenvalue weighted by atomic mass is 9.96.